The first-order valence-electron chi connectivity index (χ1n) is 6.56. The van der Waals surface area contributed by atoms with Crippen LogP contribution >= 0.6 is 0 Å². The van der Waals surface area contributed by atoms with Gasteiger partial charge in [0.15, 0.2) is 9.84 Å². The Morgan fingerprint density at radius 2 is 1.76 bits per heavy atom. The van der Waals surface area contributed by atoms with Crippen molar-refractivity contribution in [3.8, 4) is 0 Å². The quantitative estimate of drug-likeness (QED) is 0.717. The van der Waals surface area contributed by atoms with Gasteiger partial charge in [-0.3, -0.25) is 4.90 Å². The molecule has 0 saturated carbocycles. The third kappa shape index (κ3) is 5.84. The van der Waals surface area contributed by atoms with Gasteiger partial charge in [-0.2, -0.15) is 0 Å². The van der Waals surface area contributed by atoms with Crippen LogP contribution in [0.15, 0.2) is 0 Å². The maximum absolute atomic E-state index is 11.3. The Morgan fingerprint density at radius 3 is 2.29 bits per heavy atom. The highest BCUT2D eigenvalue weighted by Gasteiger charge is 2.24. The summed E-state index contributed by atoms with van der Waals surface area (Å²) in [7, 11) is -2.74. The van der Waals surface area contributed by atoms with Crippen molar-refractivity contribution >= 4 is 9.84 Å². The average Bonchev–Trinajstić information content (AvgIpc) is 2.23. The molecule has 1 atom stereocenters. The molecule has 4 nitrogen and oxygen atoms in total. The Balaban J connectivity index is 2.18. The summed E-state index contributed by atoms with van der Waals surface area (Å²) in [6, 6.07) is 0.477. The lowest BCUT2D eigenvalue weighted by atomic mass is 10.2. The summed E-state index contributed by atoms with van der Waals surface area (Å²) >= 11 is 0. The van der Waals surface area contributed by atoms with Crippen LogP contribution in [0.1, 0.15) is 27.2 Å². The highest BCUT2D eigenvalue weighted by Crippen LogP contribution is 2.09. The molecule has 5 heteroatoms. The molecular weight excluding hydrogens is 236 g/mol. The van der Waals surface area contributed by atoms with E-state index in [9.17, 15) is 8.42 Å². The van der Waals surface area contributed by atoms with E-state index in [2.05, 4.69) is 31.0 Å². The fourth-order valence-corrected chi connectivity index (χ4v) is 3.28. The van der Waals surface area contributed by atoms with Crippen molar-refractivity contribution in [2.75, 3.05) is 37.7 Å². The fraction of sp³-hybridized carbons (Fsp3) is 1.00. The highest BCUT2D eigenvalue weighted by atomic mass is 32.2. The second-order valence-corrected chi connectivity index (χ2v) is 7.73. The number of hydrogen-bond acceptors (Lipinski definition) is 4. The summed E-state index contributed by atoms with van der Waals surface area (Å²) in [4.78, 5) is 2.29. The Morgan fingerprint density at radius 1 is 1.18 bits per heavy atom. The van der Waals surface area contributed by atoms with E-state index in [4.69, 9.17) is 0 Å². The van der Waals surface area contributed by atoms with Crippen molar-refractivity contribution in [1.29, 1.82) is 0 Å². The minimum Gasteiger partial charge on any atom is -0.316 e. The van der Waals surface area contributed by atoms with Crippen molar-refractivity contribution in [3.05, 3.63) is 0 Å². The van der Waals surface area contributed by atoms with E-state index in [0.29, 0.717) is 36.6 Å². The van der Waals surface area contributed by atoms with Gasteiger partial charge in [0.2, 0.25) is 0 Å². The summed E-state index contributed by atoms with van der Waals surface area (Å²) in [5, 5.41) is 3.43. The van der Waals surface area contributed by atoms with Gasteiger partial charge >= 0.3 is 0 Å². The van der Waals surface area contributed by atoms with Gasteiger partial charge < -0.3 is 5.32 Å². The van der Waals surface area contributed by atoms with E-state index < -0.39 is 9.84 Å². The highest BCUT2D eigenvalue weighted by molar-refractivity contribution is 7.91. The molecule has 0 aliphatic carbocycles. The monoisotopic (exact) mass is 262 g/mol. The van der Waals surface area contributed by atoms with Gasteiger partial charge in [-0.15, -0.1) is 0 Å². The minimum absolute atomic E-state index is 0.330. The standard InChI is InChI=1S/C12H26N2O2S/c1-11(2)10-13-5-4-12(3)14-6-8-17(15,16)9-7-14/h11-13H,4-10H2,1-3H3. The van der Waals surface area contributed by atoms with Crippen molar-refractivity contribution < 1.29 is 8.42 Å². The summed E-state index contributed by atoms with van der Waals surface area (Å²) in [5.74, 6) is 1.35. The average molecular weight is 262 g/mol. The Hall–Kier alpha value is -0.130. The molecule has 1 saturated heterocycles. The summed E-state index contributed by atoms with van der Waals surface area (Å²) in [6.07, 6.45) is 1.09. The van der Waals surface area contributed by atoms with Gasteiger partial charge in [0, 0.05) is 19.1 Å². The van der Waals surface area contributed by atoms with E-state index in [-0.39, 0.29) is 0 Å². The zero-order chi connectivity index (χ0) is 12.9. The molecule has 102 valence electrons. The molecule has 17 heavy (non-hydrogen) atoms. The van der Waals surface area contributed by atoms with Crippen molar-refractivity contribution in [3.63, 3.8) is 0 Å². The number of sulfone groups is 1. The second kappa shape index (κ2) is 6.71. The normalized spacial score (nSPS) is 22.8. The molecule has 1 aliphatic rings. The summed E-state index contributed by atoms with van der Waals surface area (Å²) in [6.45, 7) is 10.1. The SMILES string of the molecule is CC(C)CNCCC(C)N1CCS(=O)(=O)CC1. The van der Waals surface area contributed by atoms with Crippen LogP contribution in [0.3, 0.4) is 0 Å². The smallest absolute Gasteiger partial charge is 0.152 e. The maximum Gasteiger partial charge on any atom is 0.152 e. The summed E-state index contributed by atoms with van der Waals surface area (Å²) in [5.41, 5.74) is 0. The number of nitrogens with zero attached hydrogens (tertiary/aromatic N) is 1. The Labute approximate surface area is 106 Å². The van der Waals surface area contributed by atoms with Gasteiger partial charge in [-0.1, -0.05) is 13.8 Å². The molecule has 0 aromatic carbocycles. The van der Waals surface area contributed by atoms with Crippen LogP contribution in [-0.4, -0.2) is 57.0 Å². The van der Waals surface area contributed by atoms with E-state index in [1.165, 1.54) is 0 Å². The largest absolute Gasteiger partial charge is 0.316 e. The first-order chi connectivity index (χ1) is 7.91. The lowest BCUT2D eigenvalue weighted by Crippen LogP contribution is -2.45. The van der Waals surface area contributed by atoms with Crippen molar-refractivity contribution in [2.24, 2.45) is 5.92 Å². The molecule has 0 radical (unpaired) electrons. The Bertz CT molecular complexity index is 300. The lowest BCUT2D eigenvalue weighted by Gasteiger charge is -2.32. The van der Waals surface area contributed by atoms with Crippen molar-refractivity contribution in [2.45, 2.75) is 33.2 Å². The van der Waals surface area contributed by atoms with Gasteiger partial charge in [-0.25, -0.2) is 8.42 Å². The van der Waals surface area contributed by atoms with Crippen LogP contribution < -0.4 is 5.32 Å². The molecule has 0 amide bonds. The third-order valence-electron chi connectivity index (χ3n) is 3.29. The van der Waals surface area contributed by atoms with Crippen LogP contribution in [0.25, 0.3) is 0 Å². The van der Waals surface area contributed by atoms with E-state index in [1.54, 1.807) is 0 Å². The molecule has 1 unspecified atom stereocenters. The number of hydrogen-bond donors (Lipinski definition) is 1. The zero-order valence-electron chi connectivity index (χ0n) is 11.3. The number of nitrogens with one attached hydrogen (secondary N) is 1. The van der Waals surface area contributed by atoms with E-state index in [1.807, 2.05) is 0 Å². The molecule has 1 aliphatic heterocycles. The van der Waals surface area contributed by atoms with Crippen LogP contribution in [0.5, 0.6) is 0 Å². The van der Waals surface area contributed by atoms with Gasteiger partial charge in [0.25, 0.3) is 0 Å². The van der Waals surface area contributed by atoms with Gasteiger partial charge in [0.1, 0.15) is 0 Å². The fourth-order valence-electron chi connectivity index (χ4n) is 2.05. The Kier molecular flexibility index (Phi) is 5.89. The molecule has 0 aromatic rings. The topological polar surface area (TPSA) is 49.4 Å². The maximum atomic E-state index is 11.3. The molecule has 0 spiro atoms. The van der Waals surface area contributed by atoms with Crippen LogP contribution in [0.2, 0.25) is 0 Å². The predicted molar refractivity (Wildman–Crippen MR) is 72.0 cm³/mol. The zero-order valence-corrected chi connectivity index (χ0v) is 12.1. The number of rotatable bonds is 6. The molecule has 1 N–H and O–H groups in total. The third-order valence-corrected chi connectivity index (χ3v) is 4.90. The van der Waals surface area contributed by atoms with E-state index >= 15 is 0 Å². The van der Waals surface area contributed by atoms with Crippen LogP contribution in [-0.2, 0) is 9.84 Å². The second-order valence-electron chi connectivity index (χ2n) is 5.42. The van der Waals surface area contributed by atoms with Crippen LogP contribution in [0, 0.1) is 5.92 Å². The lowest BCUT2D eigenvalue weighted by molar-refractivity contribution is 0.214. The molecule has 1 rings (SSSR count). The minimum atomic E-state index is -2.74. The van der Waals surface area contributed by atoms with Gasteiger partial charge in [-0.05, 0) is 32.4 Å². The molecule has 0 aromatic heterocycles. The predicted octanol–water partition coefficient (Wildman–Crippen LogP) is 0.741. The molecule has 1 fully saturated rings. The van der Waals surface area contributed by atoms with Crippen LogP contribution in [0.4, 0.5) is 0 Å². The first kappa shape index (κ1) is 14.9. The molecule has 0 bridgehead atoms. The summed E-state index contributed by atoms with van der Waals surface area (Å²) < 4.78 is 22.6. The molecule has 1 heterocycles. The van der Waals surface area contributed by atoms with E-state index in [0.717, 1.165) is 19.5 Å². The van der Waals surface area contributed by atoms with Crippen molar-refractivity contribution in [1.82, 2.24) is 10.2 Å². The molecular formula is C12H26N2O2S. The van der Waals surface area contributed by atoms with Gasteiger partial charge in [0.05, 0.1) is 11.5 Å². The first-order valence-corrected chi connectivity index (χ1v) is 8.38.